The second-order valence-electron chi connectivity index (χ2n) is 0. The van der Waals surface area contributed by atoms with Gasteiger partial charge in [0.25, 0.3) is 0 Å². The van der Waals surface area contributed by atoms with Gasteiger partial charge in [-0.05, 0) is 0 Å². The molecule has 6 heavy (non-hydrogen) atoms. The fourth-order valence-corrected chi connectivity index (χ4v) is 0. The molecule has 0 rings (SSSR count). The van der Waals surface area contributed by atoms with Crippen LogP contribution in [0.1, 0.15) is 0 Å². The van der Waals surface area contributed by atoms with E-state index in [2.05, 4.69) is 0 Å². The fraction of sp³-hybridized carbons (Fsp3) is 0. The van der Waals surface area contributed by atoms with Crippen LogP contribution in [0, 0.1) is 0 Å². The molecule has 0 aromatic carbocycles. The summed E-state index contributed by atoms with van der Waals surface area (Å²) in [6.45, 7) is 0. The van der Waals surface area contributed by atoms with Gasteiger partial charge >= 0.3 is 0 Å². The Bertz CT molecular complexity index is 3.90. The summed E-state index contributed by atoms with van der Waals surface area (Å²) in [7, 11) is 0. The molecule has 0 heterocycles. The summed E-state index contributed by atoms with van der Waals surface area (Å²) in [6.07, 6.45) is 0. The Morgan fingerprint density at radius 2 is 0.333 bits per heavy atom. The van der Waals surface area contributed by atoms with Gasteiger partial charge < -0.3 is 0 Å². The molecule has 0 N–H and O–H groups in total. The molecule has 0 aliphatic carbocycles. The minimum Gasteiger partial charge on any atom is 0 e. The smallest absolute Gasteiger partial charge is 0 e. The van der Waals surface area contributed by atoms with E-state index in [1.165, 1.54) is 0 Å². The van der Waals surface area contributed by atoms with Crippen LogP contribution in [0.25, 0.3) is 0 Å². The molecule has 0 aromatic heterocycles. The van der Waals surface area contributed by atoms with Crippen LogP contribution in [0.4, 0.5) is 0 Å². The van der Waals surface area contributed by atoms with Crippen LogP contribution in [-0.2, 0) is 21.1 Å². The molecule has 36 valence electrons. The Labute approximate surface area is 106 Å². The van der Waals surface area contributed by atoms with Gasteiger partial charge in [0.1, 0.15) is 0 Å². The van der Waals surface area contributed by atoms with Crippen LogP contribution in [0.2, 0.25) is 0 Å². The minimum absolute atomic E-state index is 0. The van der Waals surface area contributed by atoms with Gasteiger partial charge in [0, 0.05) is 21.1 Å². The van der Waals surface area contributed by atoms with Crippen molar-refractivity contribution in [2.75, 3.05) is 0 Å². The van der Waals surface area contributed by atoms with E-state index in [4.69, 9.17) is 0 Å². The van der Waals surface area contributed by atoms with Crippen LogP contribution >= 0.6 is 0 Å². The maximum Gasteiger partial charge on any atom is 0.187 e. The monoisotopic (exact) mass is 334 g/mol. The van der Waals surface area contributed by atoms with Crippen molar-refractivity contribution >= 4 is 86.8 Å². The van der Waals surface area contributed by atoms with Crippen LogP contribution in [-0.4, -0.2) is 86.8 Å². The number of hydrogen-bond donors (Lipinski definition) is 0. The van der Waals surface area contributed by atoms with Crippen molar-refractivity contribution in [3.8, 4) is 0 Å². The quantitative estimate of drug-likeness (QED) is 0.387. The molecule has 0 spiro atoms. The molecule has 0 bridgehead atoms. The maximum atomic E-state index is 0. The summed E-state index contributed by atoms with van der Waals surface area (Å²) in [5, 5.41) is 0. The third-order valence-corrected chi connectivity index (χ3v) is 0. The first-order valence-electron chi connectivity index (χ1n) is 0. The van der Waals surface area contributed by atoms with E-state index in [0.717, 1.165) is 0 Å². The van der Waals surface area contributed by atoms with Crippen LogP contribution in [0.3, 0.4) is 0 Å². The zero-order chi connectivity index (χ0) is 0. The van der Waals surface area contributed by atoms with Crippen LogP contribution in [0.15, 0.2) is 0 Å². The minimum atomic E-state index is 0. The number of rotatable bonds is 0. The van der Waals surface area contributed by atoms with Crippen LogP contribution in [0.5, 0.6) is 0 Å². The van der Waals surface area contributed by atoms with Gasteiger partial charge in [-0.15, -0.1) is 0 Å². The summed E-state index contributed by atoms with van der Waals surface area (Å²) >= 11 is 0. The first-order chi connectivity index (χ1) is 0. The first kappa shape index (κ1) is 58.1. The van der Waals surface area contributed by atoms with Crippen molar-refractivity contribution in [2.45, 2.75) is 0 Å². The van der Waals surface area contributed by atoms with E-state index < -0.39 is 0 Å². The molecule has 0 fully saturated rings. The molecule has 6 heteroatoms. The Morgan fingerprint density at radius 1 is 0.333 bits per heavy atom. The zero-order valence-electron chi connectivity index (χ0n) is 0.408. The fourth-order valence-electron chi connectivity index (χ4n) is 0. The molecule has 0 aromatic rings. The molecule has 0 saturated heterocycles. The van der Waals surface area contributed by atoms with Crippen molar-refractivity contribution in [1.29, 1.82) is 0 Å². The maximum absolute atomic E-state index is 0. The third kappa shape index (κ3) is 26.4. The average molecular weight is 334 g/mol. The normalized spacial score (nSPS) is 0. The van der Waals surface area contributed by atoms with Gasteiger partial charge in [0.2, 0.25) is 0 Å². The van der Waals surface area contributed by atoms with E-state index >= 15 is 0 Å². The SMILES string of the molecule is [AlH3].[AlH3].[AlH3].[AlH3].[AlH3].[W]. The van der Waals surface area contributed by atoms with E-state index in [1.807, 2.05) is 0 Å². The predicted molar refractivity (Wildman–Crippen MR) is 49.7 cm³/mol. The second kappa shape index (κ2) is 40.2. The zero-order valence-corrected chi connectivity index (χ0v) is 3.34. The van der Waals surface area contributed by atoms with Gasteiger partial charge in [0.15, 0.2) is 86.8 Å². The van der Waals surface area contributed by atoms with Gasteiger partial charge in [-0.3, -0.25) is 0 Å². The van der Waals surface area contributed by atoms with Crippen molar-refractivity contribution < 1.29 is 21.1 Å². The third-order valence-electron chi connectivity index (χ3n) is 0. The van der Waals surface area contributed by atoms with Gasteiger partial charge in [-0.1, -0.05) is 0 Å². The van der Waals surface area contributed by atoms with Crippen molar-refractivity contribution in [1.82, 2.24) is 0 Å². The number of hydrogen-bond acceptors (Lipinski definition) is 0. The first-order valence-corrected chi connectivity index (χ1v) is 0. The molecular formula is H15Al5W. The summed E-state index contributed by atoms with van der Waals surface area (Å²) < 4.78 is 0. The average Bonchev–Trinajstić information content (AvgIpc) is 0. The van der Waals surface area contributed by atoms with E-state index in [1.54, 1.807) is 0 Å². The Kier molecular flexibility index (Phi) is 389. The van der Waals surface area contributed by atoms with Crippen molar-refractivity contribution in [3.63, 3.8) is 0 Å². The van der Waals surface area contributed by atoms with Gasteiger partial charge in [-0.25, -0.2) is 0 Å². The molecule has 0 aliphatic rings. The largest absolute Gasteiger partial charge is 0.187 e. The van der Waals surface area contributed by atoms with E-state index in [9.17, 15) is 0 Å². The molecule has 0 aliphatic heterocycles. The Hall–Kier alpha value is 3.35. The summed E-state index contributed by atoms with van der Waals surface area (Å²) in [5.41, 5.74) is 0. The summed E-state index contributed by atoms with van der Waals surface area (Å²) in [4.78, 5) is 0. The molecule has 0 unspecified atom stereocenters. The van der Waals surface area contributed by atoms with Gasteiger partial charge in [-0.2, -0.15) is 0 Å². The van der Waals surface area contributed by atoms with E-state index in [-0.39, 0.29) is 108 Å². The molecule has 0 amide bonds. The van der Waals surface area contributed by atoms with Gasteiger partial charge in [0.05, 0.1) is 0 Å². The summed E-state index contributed by atoms with van der Waals surface area (Å²) in [6, 6.07) is 0. The standard InChI is InChI=1S/5Al.W.15H. The van der Waals surface area contributed by atoms with Crippen LogP contribution < -0.4 is 0 Å². The Balaban J connectivity index is 0. The molecule has 0 atom stereocenters. The molecule has 0 nitrogen and oxygen atoms in total. The summed E-state index contributed by atoms with van der Waals surface area (Å²) in [5.74, 6) is 0. The predicted octanol–water partition coefficient (Wildman–Crippen LogP) is -5.92. The molecule has 0 radical (unpaired) electrons. The van der Waals surface area contributed by atoms with Crippen molar-refractivity contribution in [2.24, 2.45) is 0 Å². The van der Waals surface area contributed by atoms with E-state index in [0.29, 0.717) is 0 Å². The molecular weight excluding hydrogens is 319 g/mol. The van der Waals surface area contributed by atoms with Crippen molar-refractivity contribution in [3.05, 3.63) is 0 Å². The Morgan fingerprint density at radius 3 is 0.333 bits per heavy atom. The molecule has 0 saturated carbocycles. The topological polar surface area (TPSA) is 0 Å². The second-order valence-corrected chi connectivity index (χ2v) is 0.